The highest BCUT2D eigenvalue weighted by Crippen LogP contribution is 2.12. The average Bonchev–Trinajstić information content (AvgIpc) is 2.70. The highest BCUT2D eigenvalue weighted by molar-refractivity contribution is 5.95. The van der Waals surface area contributed by atoms with Crippen molar-refractivity contribution in [3.8, 4) is 0 Å². The van der Waals surface area contributed by atoms with E-state index >= 15 is 0 Å². The molecule has 0 radical (unpaired) electrons. The fourth-order valence-electron chi connectivity index (χ4n) is 2.62. The van der Waals surface area contributed by atoms with Gasteiger partial charge in [0.2, 0.25) is 5.91 Å². The van der Waals surface area contributed by atoms with E-state index in [1.807, 2.05) is 51.1 Å². The molecule has 3 N–H and O–H groups in total. The number of hydrogen-bond acceptors (Lipinski definition) is 3. The molecule has 0 saturated carbocycles. The van der Waals surface area contributed by atoms with Gasteiger partial charge in [0.05, 0.1) is 6.54 Å². The molecular formula is C23H31N3O2. The van der Waals surface area contributed by atoms with E-state index in [0.717, 1.165) is 24.9 Å². The first-order valence-electron chi connectivity index (χ1n) is 9.87. The summed E-state index contributed by atoms with van der Waals surface area (Å²) in [4.78, 5) is 24.2. The van der Waals surface area contributed by atoms with Crippen LogP contribution in [0.15, 0.2) is 54.6 Å². The Kier molecular flexibility index (Phi) is 8.05. The first kappa shape index (κ1) is 21.5. The largest absolute Gasteiger partial charge is 0.376 e. The first-order valence-corrected chi connectivity index (χ1v) is 9.87. The number of benzene rings is 2. The second kappa shape index (κ2) is 10.5. The Balaban J connectivity index is 1.69. The van der Waals surface area contributed by atoms with Crippen LogP contribution < -0.4 is 16.0 Å². The molecule has 2 amide bonds. The molecule has 0 atom stereocenters. The maximum absolute atomic E-state index is 12.3. The zero-order valence-corrected chi connectivity index (χ0v) is 17.0. The van der Waals surface area contributed by atoms with Gasteiger partial charge >= 0.3 is 0 Å². The Labute approximate surface area is 167 Å². The highest BCUT2D eigenvalue weighted by atomic mass is 16.2. The maximum atomic E-state index is 12.3. The molecule has 5 nitrogen and oxygen atoms in total. The second-order valence-electron chi connectivity index (χ2n) is 7.56. The standard InChI is InChI=1S/C23H31N3O2/c1-4-23(2,3)26-22(28)19-12-14-20(15-13-19)25-17-21(27)24-16-8-11-18-9-6-5-7-10-18/h5-7,9-10,12-15,25H,4,8,11,16-17H2,1-3H3,(H,24,27)(H,26,28). The fourth-order valence-corrected chi connectivity index (χ4v) is 2.62. The van der Waals surface area contributed by atoms with Crippen LogP contribution in [-0.4, -0.2) is 30.4 Å². The summed E-state index contributed by atoms with van der Waals surface area (Å²) in [5.41, 5.74) is 2.47. The molecular weight excluding hydrogens is 350 g/mol. The van der Waals surface area contributed by atoms with Crippen molar-refractivity contribution >= 4 is 17.5 Å². The Hall–Kier alpha value is -2.82. The van der Waals surface area contributed by atoms with Gasteiger partial charge < -0.3 is 16.0 Å². The van der Waals surface area contributed by atoms with Crippen LogP contribution in [0.5, 0.6) is 0 Å². The molecule has 0 spiro atoms. The van der Waals surface area contributed by atoms with E-state index in [4.69, 9.17) is 0 Å². The summed E-state index contributed by atoms with van der Waals surface area (Å²) in [6, 6.07) is 17.4. The normalized spacial score (nSPS) is 11.0. The summed E-state index contributed by atoms with van der Waals surface area (Å²) in [7, 11) is 0. The van der Waals surface area contributed by atoms with Gasteiger partial charge in [-0.15, -0.1) is 0 Å². The van der Waals surface area contributed by atoms with E-state index < -0.39 is 0 Å². The molecule has 150 valence electrons. The number of nitrogens with one attached hydrogen (secondary N) is 3. The van der Waals surface area contributed by atoms with Crippen LogP contribution in [-0.2, 0) is 11.2 Å². The summed E-state index contributed by atoms with van der Waals surface area (Å²) < 4.78 is 0. The lowest BCUT2D eigenvalue weighted by Crippen LogP contribution is -2.42. The minimum Gasteiger partial charge on any atom is -0.376 e. The summed E-state index contributed by atoms with van der Waals surface area (Å²) in [5.74, 6) is -0.130. The predicted molar refractivity (Wildman–Crippen MR) is 115 cm³/mol. The number of carbonyl (C=O) groups excluding carboxylic acids is 2. The van der Waals surface area contributed by atoms with Gasteiger partial charge in [-0.05, 0) is 62.9 Å². The third-order valence-electron chi connectivity index (χ3n) is 4.74. The predicted octanol–water partition coefficient (Wildman–Crippen LogP) is 3.77. The molecule has 2 rings (SSSR count). The van der Waals surface area contributed by atoms with Gasteiger partial charge in [-0.25, -0.2) is 0 Å². The van der Waals surface area contributed by atoms with Crippen molar-refractivity contribution in [2.24, 2.45) is 0 Å². The Bertz CT molecular complexity index is 755. The smallest absolute Gasteiger partial charge is 0.251 e. The monoisotopic (exact) mass is 381 g/mol. The zero-order chi connectivity index (χ0) is 20.4. The second-order valence-corrected chi connectivity index (χ2v) is 7.56. The SMILES string of the molecule is CCC(C)(C)NC(=O)c1ccc(NCC(=O)NCCCc2ccccc2)cc1. The molecule has 0 heterocycles. The van der Waals surface area contributed by atoms with Crippen LogP contribution in [0, 0.1) is 0 Å². The van der Waals surface area contributed by atoms with Gasteiger partial charge in [0.25, 0.3) is 5.91 Å². The molecule has 0 fully saturated rings. The third kappa shape index (κ3) is 7.43. The van der Waals surface area contributed by atoms with Crippen LogP contribution in [0.1, 0.15) is 49.5 Å². The maximum Gasteiger partial charge on any atom is 0.251 e. The molecule has 28 heavy (non-hydrogen) atoms. The quantitative estimate of drug-likeness (QED) is 0.549. The molecule has 0 bridgehead atoms. The van der Waals surface area contributed by atoms with E-state index in [-0.39, 0.29) is 23.9 Å². The molecule has 0 unspecified atom stereocenters. The van der Waals surface area contributed by atoms with Crippen LogP contribution in [0.4, 0.5) is 5.69 Å². The number of aryl methyl sites for hydroxylation is 1. The molecule has 5 heteroatoms. The fraction of sp³-hybridized carbons (Fsp3) is 0.391. The van der Waals surface area contributed by atoms with E-state index in [1.165, 1.54) is 5.56 Å². The molecule has 0 aliphatic heterocycles. The first-order chi connectivity index (χ1) is 13.4. The van der Waals surface area contributed by atoms with Gasteiger partial charge in [0.1, 0.15) is 0 Å². The summed E-state index contributed by atoms with van der Waals surface area (Å²) in [6.07, 6.45) is 2.72. The van der Waals surface area contributed by atoms with Crippen molar-refractivity contribution in [1.29, 1.82) is 0 Å². The van der Waals surface area contributed by atoms with Crippen molar-refractivity contribution in [3.05, 3.63) is 65.7 Å². The van der Waals surface area contributed by atoms with Crippen LogP contribution in [0.25, 0.3) is 0 Å². The number of carbonyl (C=O) groups is 2. The molecule has 0 aliphatic carbocycles. The van der Waals surface area contributed by atoms with E-state index in [2.05, 4.69) is 28.1 Å². The van der Waals surface area contributed by atoms with Gasteiger partial charge in [-0.1, -0.05) is 37.3 Å². The highest BCUT2D eigenvalue weighted by Gasteiger charge is 2.18. The zero-order valence-electron chi connectivity index (χ0n) is 17.0. The van der Waals surface area contributed by atoms with Gasteiger partial charge in [0.15, 0.2) is 0 Å². The number of anilines is 1. The van der Waals surface area contributed by atoms with Gasteiger partial charge in [-0.3, -0.25) is 9.59 Å². The minimum atomic E-state index is -0.230. The Morgan fingerprint density at radius 2 is 1.64 bits per heavy atom. The summed E-state index contributed by atoms with van der Waals surface area (Å²) in [6.45, 7) is 6.90. The number of hydrogen-bond donors (Lipinski definition) is 3. The lowest BCUT2D eigenvalue weighted by Gasteiger charge is -2.24. The van der Waals surface area contributed by atoms with E-state index in [9.17, 15) is 9.59 Å². The van der Waals surface area contributed by atoms with Crippen molar-refractivity contribution in [2.75, 3.05) is 18.4 Å². The van der Waals surface area contributed by atoms with Crippen molar-refractivity contribution in [1.82, 2.24) is 10.6 Å². The summed E-state index contributed by atoms with van der Waals surface area (Å²) >= 11 is 0. The average molecular weight is 382 g/mol. The van der Waals surface area contributed by atoms with E-state index in [0.29, 0.717) is 12.1 Å². The molecule has 0 aliphatic rings. The molecule has 0 saturated heterocycles. The lowest BCUT2D eigenvalue weighted by atomic mass is 10.0. The lowest BCUT2D eigenvalue weighted by molar-refractivity contribution is -0.119. The Morgan fingerprint density at radius 3 is 2.29 bits per heavy atom. The Morgan fingerprint density at radius 1 is 0.964 bits per heavy atom. The van der Waals surface area contributed by atoms with Gasteiger partial charge in [0, 0.05) is 23.3 Å². The number of amides is 2. The van der Waals surface area contributed by atoms with Crippen LogP contribution in [0.2, 0.25) is 0 Å². The third-order valence-corrected chi connectivity index (χ3v) is 4.74. The number of rotatable bonds is 10. The van der Waals surface area contributed by atoms with Crippen molar-refractivity contribution in [2.45, 2.75) is 45.6 Å². The van der Waals surface area contributed by atoms with E-state index in [1.54, 1.807) is 12.1 Å². The summed E-state index contributed by atoms with van der Waals surface area (Å²) in [5, 5.41) is 9.01. The topological polar surface area (TPSA) is 70.2 Å². The van der Waals surface area contributed by atoms with Crippen molar-refractivity contribution < 1.29 is 9.59 Å². The minimum absolute atomic E-state index is 0.0421. The molecule has 2 aromatic carbocycles. The van der Waals surface area contributed by atoms with Gasteiger partial charge in [-0.2, -0.15) is 0 Å². The molecule has 0 aromatic heterocycles. The molecule has 2 aromatic rings. The van der Waals surface area contributed by atoms with Crippen LogP contribution in [0.3, 0.4) is 0 Å². The van der Waals surface area contributed by atoms with Crippen molar-refractivity contribution in [3.63, 3.8) is 0 Å². The van der Waals surface area contributed by atoms with Crippen LogP contribution >= 0.6 is 0 Å².